The quantitative estimate of drug-likeness (QED) is 0.0909. The molecule has 0 spiro atoms. The van der Waals surface area contributed by atoms with Crippen LogP contribution in [0.1, 0.15) is 0 Å². The van der Waals surface area contributed by atoms with Crippen LogP contribution >= 0.6 is 246 Å². The van der Waals surface area contributed by atoms with Crippen LogP contribution in [-0.4, -0.2) is 128 Å². The zero-order chi connectivity index (χ0) is 40.1. The van der Waals surface area contributed by atoms with Gasteiger partial charge in [0.05, 0.1) is 60.1 Å². The summed E-state index contributed by atoms with van der Waals surface area (Å²) in [5, 5.41) is 32.8. The van der Waals surface area contributed by atoms with E-state index >= 15 is 0 Å². The molecule has 32 atom stereocenters. The van der Waals surface area contributed by atoms with Crippen molar-refractivity contribution in [3.05, 3.63) is 0 Å². The van der Waals surface area contributed by atoms with Crippen molar-refractivity contribution in [1.82, 2.24) is 42.5 Å². The minimum absolute atomic E-state index is 0. The number of alkyl halides is 16. The van der Waals surface area contributed by atoms with E-state index in [9.17, 15) is 0 Å². The molecule has 5 heterocycles. The van der Waals surface area contributed by atoms with Crippen molar-refractivity contribution in [2.24, 2.45) is 47.3 Å². The molecular formula is C32H40Br14Cl2CuN8+2. The van der Waals surface area contributed by atoms with E-state index in [-0.39, 0.29) is 192 Å². The molecule has 8 bridgehead atoms. The van der Waals surface area contributed by atoms with Crippen molar-refractivity contribution < 1.29 is 17.1 Å². The van der Waals surface area contributed by atoms with Crippen LogP contribution in [0.3, 0.4) is 0 Å². The first kappa shape index (κ1) is 50.9. The Morgan fingerprint density at radius 1 is 0.211 bits per heavy atom. The van der Waals surface area contributed by atoms with Crippen LogP contribution in [0.15, 0.2) is 0 Å². The average molecular weight is 1790 g/mol. The normalized spacial score (nSPS) is 64.8. The van der Waals surface area contributed by atoms with Gasteiger partial charge in [-0.25, -0.2) is 0 Å². The van der Waals surface area contributed by atoms with Gasteiger partial charge in [-0.2, -0.15) is 0 Å². The van der Waals surface area contributed by atoms with E-state index in [4.69, 9.17) is 23.2 Å². The van der Waals surface area contributed by atoms with Gasteiger partial charge in [-0.1, -0.05) is 223 Å². The van der Waals surface area contributed by atoms with Gasteiger partial charge in [0.25, 0.3) is 0 Å². The monoisotopic (exact) mass is 1770 g/mol. The Morgan fingerprint density at radius 2 is 0.368 bits per heavy atom. The molecule has 0 aromatic rings. The van der Waals surface area contributed by atoms with Crippen LogP contribution in [0.4, 0.5) is 0 Å². The van der Waals surface area contributed by atoms with Crippen molar-refractivity contribution in [2.75, 3.05) is 0 Å². The van der Waals surface area contributed by atoms with Crippen LogP contribution in [0, 0.1) is 47.3 Å². The molecule has 25 heteroatoms. The third-order valence-corrected chi connectivity index (χ3v) is 39.2. The predicted octanol–water partition coefficient (Wildman–Crippen LogP) is 8.27. The van der Waals surface area contributed by atoms with Crippen molar-refractivity contribution in [1.29, 1.82) is 0 Å². The van der Waals surface area contributed by atoms with Crippen LogP contribution in [0.5, 0.6) is 0 Å². The van der Waals surface area contributed by atoms with E-state index in [2.05, 4.69) is 266 Å². The van der Waals surface area contributed by atoms with Crippen LogP contribution in [0.2, 0.25) is 0 Å². The summed E-state index contributed by atoms with van der Waals surface area (Å²) < 4.78 is 0. The zero-order valence-corrected chi connectivity index (χ0v) is 53.5. The van der Waals surface area contributed by atoms with E-state index in [0.717, 1.165) is 0 Å². The summed E-state index contributed by atoms with van der Waals surface area (Å²) in [4.78, 5) is 2.55. The van der Waals surface area contributed by atoms with E-state index in [1.54, 1.807) is 0 Å². The summed E-state index contributed by atoms with van der Waals surface area (Å²) in [5.41, 5.74) is 0. The van der Waals surface area contributed by atoms with E-state index in [1.807, 2.05) is 0 Å². The Labute approximate surface area is 473 Å². The smallest absolute Gasteiger partial charge is 0.286 e. The second-order valence-corrected chi connectivity index (χ2v) is 32.7. The molecule has 0 aromatic carbocycles. The van der Waals surface area contributed by atoms with Gasteiger partial charge in [-0.05, 0) is 0 Å². The molecule has 1 radical (unpaired) electrons. The number of nitrogens with one attached hydrogen (secondary N) is 8. The minimum atomic E-state index is -0.271. The Bertz CT molecular complexity index is 1180. The molecular weight excluding hydrogens is 1750 g/mol. The molecule has 4 aliphatic carbocycles. The third kappa shape index (κ3) is 8.56. The van der Waals surface area contributed by atoms with Gasteiger partial charge in [-0.15, -0.1) is 23.2 Å². The number of hydrogen-bond donors (Lipinski definition) is 8. The molecule has 32 unspecified atom stereocenters. The molecule has 9 fully saturated rings. The second kappa shape index (κ2) is 20.0. The Hall–Kier alpha value is 7.50. The first-order valence-electron chi connectivity index (χ1n) is 18.8. The summed E-state index contributed by atoms with van der Waals surface area (Å²) in [6.45, 7) is 0. The van der Waals surface area contributed by atoms with Gasteiger partial charge < -0.3 is 0 Å². The number of fused-ring (bicyclic) bond motifs is 20. The van der Waals surface area contributed by atoms with E-state index < -0.39 is 0 Å². The molecule has 0 aromatic heterocycles. The summed E-state index contributed by atoms with van der Waals surface area (Å²) in [6.07, 6.45) is -0.271. The Morgan fingerprint density at radius 3 is 0.579 bits per heavy atom. The van der Waals surface area contributed by atoms with Gasteiger partial charge in [0.1, 0.15) is 0 Å². The molecule has 9 rings (SSSR count). The molecule has 8 N–H and O–H groups in total. The Balaban J connectivity index is 0.00000455. The molecule has 0 amide bonds. The number of halogens is 16. The summed E-state index contributed by atoms with van der Waals surface area (Å²) in [7, 11) is 0. The minimum Gasteiger partial charge on any atom is -0.286 e. The van der Waals surface area contributed by atoms with Gasteiger partial charge in [0.15, 0.2) is 0 Å². The molecule has 5 saturated heterocycles. The van der Waals surface area contributed by atoms with Crippen molar-refractivity contribution in [2.45, 2.75) is 128 Å². The van der Waals surface area contributed by atoms with Crippen LogP contribution < -0.4 is 42.5 Å². The second-order valence-electron chi connectivity index (χ2n) is 16.9. The fourth-order valence-electron chi connectivity index (χ4n) is 11.8. The maximum atomic E-state index is 7.47. The maximum Gasteiger partial charge on any atom is 2.00 e. The summed E-state index contributed by atoms with van der Waals surface area (Å²) in [6, 6.07) is 0. The molecule has 4 saturated carbocycles. The number of rotatable bonds is 0. The first-order valence-corrected chi connectivity index (χ1v) is 32.5. The summed E-state index contributed by atoms with van der Waals surface area (Å²) in [5.74, 6) is 1.61. The van der Waals surface area contributed by atoms with E-state index in [1.165, 1.54) is 0 Å². The fraction of sp³-hybridized carbons (Fsp3) is 1.00. The summed E-state index contributed by atoms with van der Waals surface area (Å²) >= 11 is 72.7. The molecule has 8 nitrogen and oxygen atoms in total. The zero-order valence-electron chi connectivity index (χ0n) is 28.8. The largest absolute Gasteiger partial charge is 2.00 e. The third-order valence-electron chi connectivity index (χ3n) is 14.3. The number of hydrogen-bond acceptors (Lipinski definition) is 8. The molecule has 57 heavy (non-hydrogen) atoms. The van der Waals surface area contributed by atoms with Gasteiger partial charge in [0.2, 0.25) is 0 Å². The van der Waals surface area contributed by atoms with Crippen LogP contribution in [-0.2, 0) is 17.1 Å². The molecule has 329 valence electrons. The fourth-order valence-corrected chi connectivity index (χ4v) is 27.0. The SMILES string of the molecule is ClC1C(Cl)C2C3NC(NC4NC(NC5NC(NC6NC(N3)C3C(Br)C(Br)C(Br)C(Br)C63)C3C(Br)C(Br)C(Br)C(Br)C53)C3C(Br)C(Br)C(Br)C(Br)C43)C2C(Br)C1Br.[Cu+2]. The van der Waals surface area contributed by atoms with E-state index in [0.29, 0.717) is 0 Å². The van der Waals surface area contributed by atoms with Crippen molar-refractivity contribution in [3.8, 4) is 0 Å². The molecule has 5 aliphatic heterocycles. The topological polar surface area (TPSA) is 96.2 Å². The van der Waals surface area contributed by atoms with Gasteiger partial charge >= 0.3 is 17.1 Å². The van der Waals surface area contributed by atoms with Crippen molar-refractivity contribution >= 4 is 246 Å². The Kier molecular flexibility index (Phi) is 17.8. The predicted molar refractivity (Wildman–Crippen MR) is 281 cm³/mol. The van der Waals surface area contributed by atoms with Gasteiger partial charge in [-0.3, -0.25) is 42.5 Å². The molecule has 9 aliphatic rings. The van der Waals surface area contributed by atoms with Crippen LogP contribution in [0.25, 0.3) is 0 Å². The van der Waals surface area contributed by atoms with Gasteiger partial charge in [0, 0.05) is 115 Å². The first-order chi connectivity index (χ1) is 26.4. The average Bonchev–Trinajstić information content (AvgIpc) is 3.92. The maximum absolute atomic E-state index is 7.47. The standard InChI is InChI=1S/C32H40Br14Cl2N8.Cu/c33-9-1-2(10(34)17(41)16(9)40)26-49-25(1)50-27-3-4(12(36)19(43)18(42)11(3)35)29(52-27)54-31-7-8(23(47)24(48)22(46)15(7)39)32(56-31)55-30-6-5(28(51-26)53-30)13(37)20(44)21(45)14(6)38;/h1-32,49-56H;/q;+2. The van der Waals surface area contributed by atoms with Crippen molar-refractivity contribution in [3.63, 3.8) is 0 Å².